The van der Waals surface area contributed by atoms with Crippen molar-refractivity contribution in [1.29, 1.82) is 0 Å². The molecule has 0 unspecified atom stereocenters. The van der Waals surface area contributed by atoms with Crippen molar-refractivity contribution in [2.24, 2.45) is 56.7 Å². The van der Waals surface area contributed by atoms with Crippen LogP contribution in [0.5, 0.6) is 0 Å². The highest BCUT2D eigenvalue weighted by atomic mass is 16.5. The van der Waals surface area contributed by atoms with Crippen LogP contribution in [-0.2, 0) is 19.1 Å². The van der Waals surface area contributed by atoms with Crippen molar-refractivity contribution >= 4 is 11.9 Å². The number of ether oxygens (including phenoxy) is 2. The van der Waals surface area contributed by atoms with Crippen LogP contribution in [0, 0.1) is 56.7 Å². The second kappa shape index (κ2) is 11.5. The molecule has 6 heteroatoms. The lowest BCUT2D eigenvalue weighted by Gasteiger charge is -2.73. The van der Waals surface area contributed by atoms with Gasteiger partial charge in [0.25, 0.3) is 0 Å². The first-order valence-corrected chi connectivity index (χ1v) is 18.2. The number of hydrogen-bond acceptors (Lipinski definition) is 5. The van der Waals surface area contributed by atoms with E-state index in [2.05, 4.69) is 48.1 Å². The van der Waals surface area contributed by atoms with Gasteiger partial charge in [0.15, 0.2) is 0 Å². The fourth-order valence-corrected chi connectivity index (χ4v) is 13.0. The Labute approximate surface area is 272 Å². The largest absolute Gasteiger partial charge is 0.462 e. The van der Waals surface area contributed by atoms with E-state index in [-0.39, 0.29) is 39.1 Å². The molecule has 0 radical (unpaired) electrons. The summed E-state index contributed by atoms with van der Waals surface area (Å²) in [4.78, 5) is 27.9. The average Bonchev–Trinajstić information content (AvgIpc) is 3.39. The molecule has 10 atom stereocenters. The van der Waals surface area contributed by atoms with Crippen LogP contribution in [0.15, 0.2) is 23.8 Å². The molecule has 6 aliphatic rings. The summed E-state index contributed by atoms with van der Waals surface area (Å²) < 4.78 is 11.5. The van der Waals surface area contributed by atoms with Gasteiger partial charge in [0.1, 0.15) is 0 Å². The van der Waals surface area contributed by atoms with Gasteiger partial charge in [0.2, 0.25) is 5.91 Å². The number of allylic oxidation sites excluding steroid dienone is 1. The second-order valence-electron chi connectivity index (χ2n) is 17.8. The number of carbonyl (C=O) groups is 2. The molecule has 5 saturated carbocycles. The van der Waals surface area contributed by atoms with E-state index in [9.17, 15) is 14.7 Å². The number of nitrogens with zero attached hydrogens (tertiary/aromatic N) is 1. The molecule has 252 valence electrons. The maximum absolute atomic E-state index is 13.2. The number of rotatable bonds is 5. The van der Waals surface area contributed by atoms with Gasteiger partial charge in [-0.25, -0.2) is 4.79 Å². The molecule has 1 amide bonds. The van der Waals surface area contributed by atoms with Crippen molar-refractivity contribution in [1.82, 2.24) is 4.90 Å². The normalized spacial score (nSPS) is 45.9. The van der Waals surface area contributed by atoms with Crippen molar-refractivity contribution in [2.45, 2.75) is 119 Å². The summed E-state index contributed by atoms with van der Waals surface area (Å²) in [6.45, 7) is 23.6. The molecule has 6 rings (SSSR count). The molecule has 0 spiro atoms. The highest BCUT2D eigenvalue weighted by Crippen LogP contribution is 2.77. The summed E-state index contributed by atoms with van der Waals surface area (Å²) >= 11 is 0. The Balaban J connectivity index is 1.24. The summed E-state index contributed by atoms with van der Waals surface area (Å²) in [5, 5.41) is 11.1. The van der Waals surface area contributed by atoms with Crippen LogP contribution in [0.3, 0.4) is 0 Å². The van der Waals surface area contributed by atoms with E-state index in [1.165, 1.54) is 43.8 Å². The van der Waals surface area contributed by atoms with Crippen LogP contribution in [0.1, 0.15) is 113 Å². The van der Waals surface area contributed by atoms with Gasteiger partial charge in [-0.2, -0.15) is 0 Å². The maximum Gasteiger partial charge on any atom is 0.331 e. The zero-order valence-corrected chi connectivity index (χ0v) is 29.4. The number of aliphatic hydroxyl groups is 1. The van der Waals surface area contributed by atoms with Crippen LogP contribution in [-0.4, -0.2) is 60.9 Å². The molecular formula is C39H61NO5. The number of aliphatic hydroxyl groups excluding tert-OH is 1. The number of fused-ring (bicyclic) bond motifs is 7. The van der Waals surface area contributed by atoms with Gasteiger partial charge in [0.05, 0.1) is 25.9 Å². The first-order chi connectivity index (χ1) is 21.1. The van der Waals surface area contributed by atoms with Crippen LogP contribution in [0.2, 0.25) is 0 Å². The van der Waals surface area contributed by atoms with Crippen LogP contribution in [0.4, 0.5) is 0 Å². The summed E-state index contributed by atoms with van der Waals surface area (Å²) in [6, 6.07) is 0. The summed E-state index contributed by atoms with van der Waals surface area (Å²) in [5.41, 5.74) is 2.41. The van der Waals surface area contributed by atoms with Crippen LogP contribution >= 0.6 is 0 Å². The Hall–Kier alpha value is -1.66. The zero-order chi connectivity index (χ0) is 32.6. The van der Waals surface area contributed by atoms with Crippen molar-refractivity contribution < 1.29 is 24.2 Å². The quantitative estimate of drug-likeness (QED) is 0.197. The minimum atomic E-state index is -0.390. The molecule has 1 saturated heterocycles. The third kappa shape index (κ3) is 5.00. The Kier molecular flexibility index (Phi) is 8.49. The van der Waals surface area contributed by atoms with Gasteiger partial charge in [0, 0.05) is 30.2 Å². The van der Waals surface area contributed by atoms with Crippen molar-refractivity contribution in [3.63, 3.8) is 0 Å². The first-order valence-electron chi connectivity index (χ1n) is 18.2. The lowest BCUT2D eigenvalue weighted by atomic mass is 9.32. The SMILES string of the molecule is C=C(C)[C@@H]1CC[C@]2(COC(=O)/C=C(\C)C(=O)N3CCOCC3)CC[C@]3(C)[C@H](CC[C@@H]4[C@@]5(C)CC[C@H](O)C(C)(C)[C@@H]5CC[C@]43C)[C@@H]12. The first kappa shape index (κ1) is 33.2. The summed E-state index contributed by atoms with van der Waals surface area (Å²) in [5.74, 6) is 2.25. The van der Waals surface area contributed by atoms with E-state index in [4.69, 9.17) is 9.47 Å². The Bertz CT molecular complexity index is 1230. The van der Waals surface area contributed by atoms with Crippen molar-refractivity contribution in [3.8, 4) is 0 Å². The molecule has 5 aliphatic carbocycles. The molecule has 6 fully saturated rings. The van der Waals surface area contributed by atoms with Gasteiger partial charge >= 0.3 is 5.97 Å². The molecule has 1 heterocycles. The van der Waals surface area contributed by atoms with E-state index in [1.807, 2.05) is 0 Å². The van der Waals surface area contributed by atoms with E-state index in [1.54, 1.807) is 11.8 Å². The molecule has 0 aromatic heterocycles. The number of esters is 1. The van der Waals surface area contributed by atoms with E-state index >= 15 is 0 Å². The third-order valence-corrected chi connectivity index (χ3v) is 15.7. The number of carbonyl (C=O) groups excluding carboxylic acids is 2. The van der Waals surface area contributed by atoms with E-state index in [0.29, 0.717) is 68.1 Å². The smallest absolute Gasteiger partial charge is 0.331 e. The molecular weight excluding hydrogens is 562 g/mol. The lowest BCUT2D eigenvalue weighted by Crippen LogP contribution is -2.66. The number of amides is 1. The van der Waals surface area contributed by atoms with Crippen molar-refractivity contribution in [2.75, 3.05) is 32.9 Å². The monoisotopic (exact) mass is 623 g/mol. The number of morpholine rings is 1. The minimum absolute atomic E-state index is 0.0271. The van der Waals surface area contributed by atoms with Gasteiger partial charge < -0.3 is 19.5 Å². The minimum Gasteiger partial charge on any atom is -0.462 e. The van der Waals surface area contributed by atoms with Crippen molar-refractivity contribution in [3.05, 3.63) is 23.8 Å². The Morgan fingerprint density at radius 3 is 2.29 bits per heavy atom. The predicted octanol–water partition coefficient (Wildman–Crippen LogP) is 7.35. The predicted molar refractivity (Wildman–Crippen MR) is 177 cm³/mol. The molecule has 45 heavy (non-hydrogen) atoms. The van der Waals surface area contributed by atoms with Crippen LogP contribution in [0.25, 0.3) is 0 Å². The highest BCUT2D eigenvalue weighted by molar-refractivity contribution is 5.99. The molecule has 0 aromatic rings. The highest BCUT2D eigenvalue weighted by Gasteiger charge is 2.71. The zero-order valence-electron chi connectivity index (χ0n) is 29.4. The average molecular weight is 624 g/mol. The molecule has 6 nitrogen and oxygen atoms in total. The number of hydrogen-bond donors (Lipinski definition) is 1. The molecule has 1 N–H and O–H groups in total. The molecule has 0 bridgehead atoms. The Morgan fingerprint density at radius 2 is 1.60 bits per heavy atom. The summed E-state index contributed by atoms with van der Waals surface area (Å²) in [7, 11) is 0. The lowest BCUT2D eigenvalue weighted by molar-refractivity contribution is -0.249. The van der Waals surface area contributed by atoms with Gasteiger partial charge in [-0.05, 0) is 129 Å². The molecule has 1 aliphatic heterocycles. The fraction of sp³-hybridized carbons (Fsp3) is 0.846. The Morgan fingerprint density at radius 1 is 0.889 bits per heavy atom. The van der Waals surface area contributed by atoms with E-state index < -0.39 is 5.97 Å². The summed E-state index contributed by atoms with van der Waals surface area (Å²) in [6.07, 6.45) is 12.7. The topological polar surface area (TPSA) is 76.1 Å². The maximum atomic E-state index is 13.2. The van der Waals surface area contributed by atoms with Gasteiger partial charge in [-0.1, -0.05) is 46.8 Å². The standard InChI is InChI=1S/C39H61NO5/c1-25(2)27-11-16-39(24-45-32(42)23-26(3)34(43)40-19-21-44-22-20-40)18-17-37(7)28(33(27)39)9-10-30-36(6)14-13-31(41)35(4,5)29(36)12-15-38(30,37)8/h23,27-31,33,41H,1,9-22,24H2,2-8H3/b26-23+/t27-,28+,29-,30+,31-,33+,36-,37+,38+,39+/m0/s1. The van der Waals surface area contributed by atoms with Gasteiger partial charge in [-0.15, -0.1) is 0 Å². The van der Waals surface area contributed by atoms with E-state index in [0.717, 1.165) is 32.1 Å². The fourth-order valence-electron chi connectivity index (χ4n) is 13.0. The second-order valence-corrected chi connectivity index (χ2v) is 17.8. The van der Waals surface area contributed by atoms with Crippen LogP contribution < -0.4 is 0 Å². The molecule has 0 aromatic carbocycles. The van der Waals surface area contributed by atoms with Gasteiger partial charge in [-0.3, -0.25) is 4.79 Å². The third-order valence-electron chi connectivity index (χ3n) is 15.7.